The molecule has 1 aliphatic heterocycles. The number of likely N-dealkylation sites (tertiary alicyclic amines) is 1. The van der Waals surface area contributed by atoms with Crippen LogP contribution in [0.3, 0.4) is 0 Å². The van der Waals surface area contributed by atoms with Crippen molar-refractivity contribution in [2.75, 3.05) is 26.7 Å². The van der Waals surface area contributed by atoms with Gasteiger partial charge < -0.3 is 15.4 Å². The van der Waals surface area contributed by atoms with Crippen LogP contribution in [0.2, 0.25) is 0 Å². The first kappa shape index (κ1) is 13.1. The molecule has 0 bridgehead atoms. The van der Waals surface area contributed by atoms with Gasteiger partial charge in [-0.3, -0.25) is 4.79 Å². The summed E-state index contributed by atoms with van der Waals surface area (Å²) in [6, 6.07) is 7.61. The van der Waals surface area contributed by atoms with Gasteiger partial charge >= 0.3 is 0 Å². The van der Waals surface area contributed by atoms with Crippen molar-refractivity contribution in [1.82, 2.24) is 4.90 Å². The summed E-state index contributed by atoms with van der Waals surface area (Å²) >= 11 is 0. The van der Waals surface area contributed by atoms with Gasteiger partial charge in [0.2, 0.25) is 0 Å². The predicted octanol–water partition coefficient (Wildman–Crippen LogP) is 1.25. The van der Waals surface area contributed by atoms with E-state index < -0.39 is 0 Å². The van der Waals surface area contributed by atoms with Crippen LogP contribution >= 0.6 is 0 Å². The number of nitrogens with two attached hydrogens (primary N) is 1. The van der Waals surface area contributed by atoms with Crippen molar-refractivity contribution >= 4 is 5.91 Å². The molecule has 2 N–H and O–H groups in total. The Morgan fingerprint density at radius 2 is 2.17 bits per heavy atom. The number of methoxy groups -OCH3 is 1. The van der Waals surface area contributed by atoms with Crippen molar-refractivity contribution in [2.45, 2.75) is 13.0 Å². The molecular weight excluding hydrogens is 228 g/mol. The highest BCUT2D eigenvalue weighted by atomic mass is 16.5. The summed E-state index contributed by atoms with van der Waals surface area (Å²) in [7, 11) is 1.66. The van der Waals surface area contributed by atoms with Crippen LogP contribution in [0.5, 0.6) is 0 Å². The van der Waals surface area contributed by atoms with E-state index >= 15 is 0 Å². The molecule has 1 saturated heterocycles. The fraction of sp³-hybridized carbons (Fsp3) is 0.500. The molecule has 0 aromatic heterocycles. The molecule has 1 aromatic rings. The lowest BCUT2D eigenvalue weighted by atomic mass is 10.1. The Bertz CT molecular complexity index is 403. The first-order valence-electron chi connectivity index (χ1n) is 6.32. The standard InChI is InChI=1S/C14H20N2O2/c1-18-10-11-2-4-13(5-3-11)14(17)16-7-6-12(8-15)9-16/h2-5,12H,6-10,15H2,1H3/t12-/m1/s1. The lowest BCUT2D eigenvalue weighted by Crippen LogP contribution is -2.29. The Labute approximate surface area is 108 Å². The number of benzene rings is 1. The van der Waals surface area contributed by atoms with E-state index in [2.05, 4.69) is 0 Å². The Kier molecular flexibility index (Phi) is 4.33. The second-order valence-corrected chi connectivity index (χ2v) is 4.77. The van der Waals surface area contributed by atoms with Crippen LogP contribution in [0.25, 0.3) is 0 Å². The number of hydrogen-bond donors (Lipinski definition) is 1. The van der Waals surface area contributed by atoms with Crippen molar-refractivity contribution in [2.24, 2.45) is 11.7 Å². The number of hydrogen-bond acceptors (Lipinski definition) is 3. The summed E-state index contributed by atoms with van der Waals surface area (Å²) in [6.45, 7) is 2.85. The molecule has 1 atom stereocenters. The van der Waals surface area contributed by atoms with Gasteiger partial charge in [0.25, 0.3) is 5.91 Å². The van der Waals surface area contributed by atoms with Crippen LogP contribution in [0.4, 0.5) is 0 Å². The maximum absolute atomic E-state index is 12.2. The minimum absolute atomic E-state index is 0.106. The maximum atomic E-state index is 12.2. The molecule has 1 heterocycles. The van der Waals surface area contributed by atoms with Gasteiger partial charge in [0.05, 0.1) is 6.61 Å². The van der Waals surface area contributed by atoms with Crippen molar-refractivity contribution in [1.29, 1.82) is 0 Å². The molecule has 1 amide bonds. The largest absolute Gasteiger partial charge is 0.380 e. The minimum Gasteiger partial charge on any atom is -0.380 e. The quantitative estimate of drug-likeness (QED) is 0.872. The SMILES string of the molecule is COCc1ccc(C(=O)N2CC[C@H](CN)C2)cc1. The molecule has 0 radical (unpaired) electrons. The maximum Gasteiger partial charge on any atom is 0.253 e. The molecule has 1 aliphatic rings. The van der Waals surface area contributed by atoms with Crippen LogP contribution < -0.4 is 5.73 Å². The molecule has 18 heavy (non-hydrogen) atoms. The number of nitrogens with zero attached hydrogens (tertiary/aromatic N) is 1. The van der Waals surface area contributed by atoms with E-state index in [0.717, 1.165) is 30.6 Å². The van der Waals surface area contributed by atoms with E-state index in [4.69, 9.17) is 10.5 Å². The third-order valence-corrected chi connectivity index (χ3v) is 3.42. The summed E-state index contributed by atoms with van der Waals surface area (Å²) < 4.78 is 5.05. The number of ether oxygens (including phenoxy) is 1. The third kappa shape index (κ3) is 2.89. The summed E-state index contributed by atoms with van der Waals surface area (Å²) in [6.07, 6.45) is 1.02. The van der Waals surface area contributed by atoms with Gasteiger partial charge in [0.15, 0.2) is 0 Å². The molecule has 0 unspecified atom stereocenters. The van der Waals surface area contributed by atoms with Crippen LogP contribution in [-0.2, 0) is 11.3 Å². The van der Waals surface area contributed by atoms with Crippen molar-refractivity contribution in [3.63, 3.8) is 0 Å². The fourth-order valence-corrected chi connectivity index (χ4v) is 2.30. The van der Waals surface area contributed by atoms with Gasteiger partial charge in [0.1, 0.15) is 0 Å². The molecule has 0 aliphatic carbocycles. The molecule has 0 spiro atoms. The number of carbonyl (C=O) groups excluding carboxylic acids is 1. The molecular formula is C14H20N2O2. The highest BCUT2D eigenvalue weighted by Gasteiger charge is 2.25. The summed E-state index contributed by atoms with van der Waals surface area (Å²) in [4.78, 5) is 14.1. The zero-order valence-corrected chi connectivity index (χ0v) is 10.8. The first-order chi connectivity index (χ1) is 8.74. The van der Waals surface area contributed by atoms with Gasteiger partial charge in [-0.05, 0) is 36.6 Å². The molecule has 4 nitrogen and oxygen atoms in total. The predicted molar refractivity (Wildman–Crippen MR) is 70.2 cm³/mol. The average Bonchev–Trinajstić information content (AvgIpc) is 2.88. The molecule has 2 rings (SSSR count). The molecule has 98 valence electrons. The van der Waals surface area contributed by atoms with Crippen LogP contribution in [0.15, 0.2) is 24.3 Å². The second kappa shape index (κ2) is 5.98. The van der Waals surface area contributed by atoms with Gasteiger partial charge in [-0.1, -0.05) is 12.1 Å². The van der Waals surface area contributed by atoms with E-state index in [1.807, 2.05) is 29.2 Å². The fourth-order valence-electron chi connectivity index (χ4n) is 2.30. The Balaban J connectivity index is 2.00. The Hall–Kier alpha value is -1.39. The average molecular weight is 248 g/mol. The molecule has 1 aromatic carbocycles. The van der Waals surface area contributed by atoms with E-state index in [1.54, 1.807) is 7.11 Å². The van der Waals surface area contributed by atoms with Gasteiger partial charge in [0, 0.05) is 25.8 Å². The van der Waals surface area contributed by atoms with E-state index in [1.165, 1.54) is 0 Å². The summed E-state index contributed by atoms with van der Waals surface area (Å²) in [5, 5.41) is 0. The normalized spacial score (nSPS) is 19.2. The van der Waals surface area contributed by atoms with E-state index in [0.29, 0.717) is 19.1 Å². The van der Waals surface area contributed by atoms with E-state index in [-0.39, 0.29) is 5.91 Å². The second-order valence-electron chi connectivity index (χ2n) is 4.77. The topological polar surface area (TPSA) is 55.6 Å². The molecule has 4 heteroatoms. The van der Waals surface area contributed by atoms with Gasteiger partial charge in [-0.15, -0.1) is 0 Å². The molecule has 1 fully saturated rings. The van der Waals surface area contributed by atoms with Crippen LogP contribution in [0, 0.1) is 5.92 Å². The number of carbonyl (C=O) groups is 1. The monoisotopic (exact) mass is 248 g/mol. The van der Waals surface area contributed by atoms with Crippen molar-refractivity contribution < 1.29 is 9.53 Å². The third-order valence-electron chi connectivity index (χ3n) is 3.42. The summed E-state index contributed by atoms with van der Waals surface area (Å²) in [5.74, 6) is 0.566. The minimum atomic E-state index is 0.106. The van der Waals surface area contributed by atoms with Crippen LogP contribution in [0.1, 0.15) is 22.3 Å². The smallest absolute Gasteiger partial charge is 0.253 e. The van der Waals surface area contributed by atoms with Gasteiger partial charge in [-0.25, -0.2) is 0 Å². The highest BCUT2D eigenvalue weighted by Crippen LogP contribution is 2.18. The van der Waals surface area contributed by atoms with Crippen molar-refractivity contribution in [3.05, 3.63) is 35.4 Å². The molecule has 0 saturated carbocycles. The first-order valence-corrected chi connectivity index (χ1v) is 6.32. The van der Waals surface area contributed by atoms with Crippen molar-refractivity contribution in [3.8, 4) is 0 Å². The lowest BCUT2D eigenvalue weighted by Gasteiger charge is -2.16. The Morgan fingerprint density at radius 1 is 1.44 bits per heavy atom. The van der Waals surface area contributed by atoms with Crippen LogP contribution in [-0.4, -0.2) is 37.6 Å². The van der Waals surface area contributed by atoms with E-state index in [9.17, 15) is 4.79 Å². The van der Waals surface area contributed by atoms with Gasteiger partial charge in [-0.2, -0.15) is 0 Å². The zero-order valence-electron chi connectivity index (χ0n) is 10.8. The number of amides is 1. The number of rotatable bonds is 4. The summed E-state index contributed by atoms with van der Waals surface area (Å²) in [5.41, 5.74) is 7.46. The zero-order chi connectivity index (χ0) is 13.0. The lowest BCUT2D eigenvalue weighted by molar-refractivity contribution is 0.0787. The highest BCUT2D eigenvalue weighted by molar-refractivity contribution is 5.94. The Morgan fingerprint density at radius 3 is 2.72 bits per heavy atom.